The largest absolute Gasteiger partial charge is 0.311 e. The number of rotatable bonds is 4. The third kappa shape index (κ3) is 2.46. The smallest absolute Gasteiger partial charge is 0.0944 e. The first-order chi connectivity index (χ1) is 7.81. The summed E-state index contributed by atoms with van der Waals surface area (Å²) < 4.78 is 0. The van der Waals surface area contributed by atoms with Gasteiger partial charge in [0.15, 0.2) is 0 Å². The number of aromatic nitrogens is 2. The van der Waals surface area contributed by atoms with Gasteiger partial charge >= 0.3 is 0 Å². The summed E-state index contributed by atoms with van der Waals surface area (Å²) in [5.74, 6) is 0. The second-order valence-electron chi connectivity index (χ2n) is 3.68. The molecule has 84 valence electrons. The van der Waals surface area contributed by atoms with E-state index in [2.05, 4.69) is 28.3 Å². The highest BCUT2D eigenvalue weighted by molar-refractivity contribution is 7.09. The van der Waals surface area contributed by atoms with Crippen LogP contribution in [0.2, 0.25) is 0 Å². The fourth-order valence-corrected chi connectivity index (χ4v) is 2.39. The quantitative estimate of drug-likeness (QED) is 0.881. The highest BCUT2D eigenvalue weighted by Gasteiger charge is 2.14. The van der Waals surface area contributed by atoms with E-state index in [1.165, 1.54) is 5.56 Å². The molecule has 0 aromatic carbocycles. The summed E-state index contributed by atoms with van der Waals surface area (Å²) in [6.45, 7) is 2.09. The Bertz CT molecular complexity index is 439. The fraction of sp³-hybridized carbons (Fsp3) is 0.333. The van der Waals surface area contributed by atoms with Crippen molar-refractivity contribution in [2.45, 2.75) is 19.4 Å². The lowest BCUT2D eigenvalue weighted by atomic mass is 10.1. The minimum absolute atomic E-state index is 0.243. The molecule has 1 unspecified atom stereocenters. The standard InChI is InChI=1S/C12H15N3S/c1-9-4-3-5-15-12(9)10(13-2)8-11-14-6-7-16-11/h3-7,10,13H,8H2,1-2H3. The average molecular weight is 233 g/mol. The Labute approximate surface area is 99.6 Å². The highest BCUT2D eigenvalue weighted by Crippen LogP contribution is 2.20. The molecule has 0 saturated heterocycles. The highest BCUT2D eigenvalue weighted by atomic mass is 32.1. The van der Waals surface area contributed by atoms with E-state index in [4.69, 9.17) is 0 Å². The maximum Gasteiger partial charge on any atom is 0.0944 e. The van der Waals surface area contributed by atoms with Crippen LogP contribution in [-0.2, 0) is 6.42 Å². The van der Waals surface area contributed by atoms with Gasteiger partial charge in [-0.2, -0.15) is 0 Å². The van der Waals surface area contributed by atoms with Crippen molar-refractivity contribution in [1.29, 1.82) is 0 Å². The van der Waals surface area contributed by atoms with E-state index in [1.54, 1.807) is 11.3 Å². The molecule has 1 N–H and O–H groups in total. The molecule has 0 aliphatic heterocycles. The average Bonchev–Trinajstić information content (AvgIpc) is 2.80. The number of aryl methyl sites for hydroxylation is 1. The molecule has 0 amide bonds. The second kappa shape index (κ2) is 5.18. The maximum atomic E-state index is 4.44. The van der Waals surface area contributed by atoms with Gasteiger partial charge in [-0.3, -0.25) is 4.98 Å². The number of nitrogens with zero attached hydrogens (tertiary/aromatic N) is 2. The van der Waals surface area contributed by atoms with Gasteiger partial charge in [0.05, 0.1) is 16.7 Å². The third-order valence-corrected chi connectivity index (χ3v) is 3.39. The SMILES string of the molecule is CNC(Cc1nccs1)c1ncccc1C. The zero-order valence-electron chi connectivity index (χ0n) is 9.47. The number of nitrogens with one attached hydrogen (secondary N) is 1. The first-order valence-electron chi connectivity index (χ1n) is 5.28. The van der Waals surface area contributed by atoms with Gasteiger partial charge in [0, 0.05) is 24.2 Å². The summed E-state index contributed by atoms with van der Waals surface area (Å²) in [6.07, 6.45) is 4.58. The van der Waals surface area contributed by atoms with Gasteiger partial charge in [-0.15, -0.1) is 11.3 Å². The molecule has 16 heavy (non-hydrogen) atoms. The van der Waals surface area contributed by atoms with E-state index in [9.17, 15) is 0 Å². The van der Waals surface area contributed by atoms with Crippen molar-refractivity contribution in [2.75, 3.05) is 7.05 Å². The molecule has 0 aliphatic carbocycles. The van der Waals surface area contributed by atoms with E-state index in [-0.39, 0.29) is 6.04 Å². The van der Waals surface area contributed by atoms with E-state index in [0.717, 1.165) is 17.1 Å². The molecule has 3 nitrogen and oxygen atoms in total. The lowest BCUT2D eigenvalue weighted by molar-refractivity contribution is 0.571. The Morgan fingerprint density at radius 3 is 2.88 bits per heavy atom. The Balaban J connectivity index is 2.20. The first kappa shape index (κ1) is 11.2. The van der Waals surface area contributed by atoms with Gasteiger partial charge < -0.3 is 5.32 Å². The molecular weight excluding hydrogens is 218 g/mol. The summed E-state index contributed by atoms with van der Waals surface area (Å²) in [4.78, 5) is 8.75. The molecule has 0 aliphatic rings. The molecule has 2 heterocycles. The molecule has 0 bridgehead atoms. The minimum atomic E-state index is 0.243. The Morgan fingerprint density at radius 1 is 1.38 bits per heavy atom. The van der Waals surface area contributed by atoms with Gasteiger partial charge in [-0.05, 0) is 25.6 Å². The van der Waals surface area contributed by atoms with E-state index in [0.29, 0.717) is 0 Å². The van der Waals surface area contributed by atoms with Crippen molar-refractivity contribution < 1.29 is 0 Å². The van der Waals surface area contributed by atoms with Crippen molar-refractivity contribution in [3.63, 3.8) is 0 Å². The lowest BCUT2D eigenvalue weighted by Gasteiger charge is -2.16. The maximum absolute atomic E-state index is 4.44. The molecule has 0 fully saturated rings. The van der Waals surface area contributed by atoms with Crippen molar-refractivity contribution in [2.24, 2.45) is 0 Å². The van der Waals surface area contributed by atoms with Crippen molar-refractivity contribution in [3.8, 4) is 0 Å². The molecule has 2 aromatic heterocycles. The number of thiazole rings is 1. The Hall–Kier alpha value is -1.26. The normalized spacial score (nSPS) is 12.6. The molecule has 1 atom stereocenters. The minimum Gasteiger partial charge on any atom is -0.311 e. The zero-order chi connectivity index (χ0) is 11.4. The van der Waals surface area contributed by atoms with Crippen molar-refractivity contribution in [3.05, 3.63) is 46.2 Å². The van der Waals surface area contributed by atoms with Crippen LogP contribution in [0.5, 0.6) is 0 Å². The number of hydrogen-bond acceptors (Lipinski definition) is 4. The summed E-state index contributed by atoms with van der Waals surface area (Å²) in [7, 11) is 1.96. The molecule has 0 saturated carbocycles. The molecule has 2 aromatic rings. The Kier molecular flexibility index (Phi) is 3.64. The van der Waals surface area contributed by atoms with Crippen LogP contribution in [0.25, 0.3) is 0 Å². The summed E-state index contributed by atoms with van der Waals surface area (Å²) in [6, 6.07) is 4.30. The fourth-order valence-electron chi connectivity index (χ4n) is 1.73. The zero-order valence-corrected chi connectivity index (χ0v) is 10.3. The van der Waals surface area contributed by atoms with Crippen LogP contribution in [0.3, 0.4) is 0 Å². The molecule has 0 radical (unpaired) electrons. The summed E-state index contributed by atoms with van der Waals surface area (Å²) in [5, 5.41) is 6.45. The second-order valence-corrected chi connectivity index (χ2v) is 4.66. The van der Waals surface area contributed by atoms with Crippen molar-refractivity contribution >= 4 is 11.3 Å². The number of pyridine rings is 1. The van der Waals surface area contributed by atoms with E-state index < -0.39 is 0 Å². The van der Waals surface area contributed by atoms with Gasteiger partial charge in [-0.25, -0.2) is 4.98 Å². The Morgan fingerprint density at radius 2 is 2.25 bits per heavy atom. The van der Waals surface area contributed by atoms with E-state index in [1.807, 2.05) is 30.9 Å². The van der Waals surface area contributed by atoms with E-state index >= 15 is 0 Å². The molecule has 4 heteroatoms. The van der Waals surface area contributed by atoms with Gasteiger partial charge in [-0.1, -0.05) is 6.07 Å². The predicted molar refractivity (Wildman–Crippen MR) is 66.6 cm³/mol. The van der Waals surface area contributed by atoms with Crippen LogP contribution in [0, 0.1) is 6.92 Å². The van der Waals surface area contributed by atoms with Crippen LogP contribution in [0.15, 0.2) is 29.9 Å². The van der Waals surface area contributed by atoms with Gasteiger partial charge in [0.25, 0.3) is 0 Å². The third-order valence-electron chi connectivity index (χ3n) is 2.59. The van der Waals surface area contributed by atoms with Gasteiger partial charge in [0.2, 0.25) is 0 Å². The molecular formula is C12H15N3S. The molecule has 0 spiro atoms. The monoisotopic (exact) mass is 233 g/mol. The van der Waals surface area contributed by atoms with Crippen LogP contribution >= 0.6 is 11.3 Å². The first-order valence-corrected chi connectivity index (χ1v) is 6.16. The van der Waals surface area contributed by atoms with Crippen LogP contribution in [0.4, 0.5) is 0 Å². The predicted octanol–water partition coefficient (Wildman–Crippen LogP) is 2.35. The molecule has 2 rings (SSSR count). The summed E-state index contributed by atoms with van der Waals surface area (Å²) in [5.41, 5.74) is 2.33. The lowest BCUT2D eigenvalue weighted by Crippen LogP contribution is -2.20. The number of likely N-dealkylation sites (N-methyl/N-ethyl adjacent to an activating group) is 1. The van der Waals surface area contributed by atoms with Crippen LogP contribution in [-0.4, -0.2) is 17.0 Å². The van der Waals surface area contributed by atoms with Crippen molar-refractivity contribution in [1.82, 2.24) is 15.3 Å². The number of hydrogen-bond donors (Lipinski definition) is 1. The topological polar surface area (TPSA) is 37.8 Å². The summed E-state index contributed by atoms with van der Waals surface area (Å²) >= 11 is 1.69. The van der Waals surface area contributed by atoms with Crippen LogP contribution < -0.4 is 5.32 Å². The van der Waals surface area contributed by atoms with Crippen LogP contribution in [0.1, 0.15) is 22.3 Å². The van der Waals surface area contributed by atoms with Gasteiger partial charge in [0.1, 0.15) is 0 Å².